The van der Waals surface area contributed by atoms with Crippen LogP contribution in [0.2, 0.25) is 0 Å². The van der Waals surface area contributed by atoms with E-state index < -0.39 is 30.7 Å². The first-order chi connectivity index (χ1) is 5.57. The Kier molecular flexibility index (Phi) is 2.97. The quantitative estimate of drug-likeness (QED) is 0.470. The molecular formula is C6H11FO5. The van der Waals surface area contributed by atoms with Crippen molar-refractivity contribution in [3.8, 4) is 0 Å². The molecule has 1 heterocycles. The summed E-state index contributed by atoms with van der Waals surface area (Å²) < 4.78 is 16.3. The summed E-state index contributed by atoms with van der Waals surface area (Å²) in [5, 5.41) is 27.2. The molecule has 0 aromatic heterocycles. The highest BCUT2D eigenvalue weighted by atomic mass is 19.3. The minimum absolute atomic E-state index is 0.774. The van der Waals surface area contributed by atoms with Gasteiger partial charge in [-0.2, -0.15) is 4.94 Å². The average molecular weight is 182 g/mol. The summed E-state index contributed by atoms with van der Waals surface area (Å²) in [6.07, 6.45) is -6.55. The van der Waals surface area contributed by atoms with Crippen molar-refractivity contribution in [2.45, 2.75) is 37.6 Å². The molecule has 6 heteroatoms. The lowest BCUT2D eigenvalue weighted by molar-refractivity contribution is -0.357. The van der Waals surface area contributed by atoms with E-state index in [1.807, 2.05) is 0 Å². The average Bonchev–Trinajstić information content (AvgIpc) is 2.08. The summed E-state index contributed by atoms with van der Waals surface area (Å²) >= 11 is 0. The van der Waals surface area contributed by atoms with E-state index in [0.29, 0.717) is 0 Å². The van der Waals surface area contributed by atoms with Crippen LogP contribution in [-0.4, -0.2) is 46.0 Å². The molecule has 0 aromatic rings. The van der Waals surface area contributed by atoms with Crippen LogP contribution in [-0.2, 0) is 9.68 Å². The highest BCUT2D eigenvalue weighted by molar-refractivity contribution is 4.86. The largest absolute Gasteiger partial charge is 0.388 e. The van der Waals surface area contributed by atoms with Crippen molar-refractivity contribution in [1.29, 1.82) is 0 Å². The molecule has 12 heavy (non-hydrogen) atoms. The smallest absolute Gasteiger partial charge is 0.225 e. The molecule has 1 unspecified atom stereocenters. The van der Waals surface area contributed by atoms with Gasteiger partial charge in [-0.25, -0.2) is 0 Å². The van der Waals surface area contributed by atoms with Gasteiger partial charge in [0.1, 0.15) is 18.3 Å². The molecule has 0 amide bonds. The molecule has 0 radical (unpaired) electrons. The maximum absolute atomic E-state index is 11.6. The third-order valence-electron chi connectivity index (χ3n) is 1.90. The molecule has 1 aliphatic heterocycles. The predicted molar refractivity (Wildman–Crippen MR) is 34.5 cm³/mol. The van der Waals surface area contributed by atoms with Crippen LogP contribution in [0.1, 0.15) is 6.92 Å². The van der Waals surface area contributed by atoms with Gasteiger partial charge < -0.3 is 20.1 Å². The lowest BCUT2D eigenvalue weighted by Crippen LogP contribution is -2.56. The Labute approximate surface area is 68.2 Å². The Morgan fingerprint density at radius 3 is 2.25 bits per heavy atom. The van der Waals surface area contributed by atoms with Crippen LogP contribution in [0.4, 0.5) is 4.53 Å². The van der Waals surface area contributed by atoms with Crippen LogP contribution in [0.5, 0.6) is 0 Å². The van der Waals surface area contributed by atoms with Crippen molar-refractivity contribution in [1.82, 2.24) is 0 Å². The molecule has 0 spiro atoms. The minimum Gasteiger partial charge on any atom is -0.388 e. The Balaban J connectivity index is 2.63. The van der Waals surface area contributed by atoms with Crippen LogP contribution < -0.4 is 0 Å². The molecule has 1 fully saturated rings. The first kappa shape index (κ1) is 9.82. The van der Waals surface area contributed by atoms with Gasteiger partial charge in [-0.15, -0.1) is 0 Å². The number of aliphatic hydroxyl groups excluding tert-OH is 3. The molecule has 1 saturated heterocycles. The van der Waals surface area contributed by atoms with Crippen LogP contribution in [0.15, 0.2) is 0 Å². The minimum atomic E-state index is -1.57. The van der Waals surface area contributed by atoms with Gasteiger partial charge in [0, 0.05) is 0 Å². The summed E-state index contributed by atoms with van der Waals surface area (Å²) in [6.45, 7) is 1.44. The SMILES string of the molecule is C[C@@H]1OC(OF)[C@@H](O)[C@H](O)[C@@H]1O. The molecule has 0 bridgehead atoms. The van der Waals surface area contributed by atoms with Crippen molar-refractivity contribution in [3.63, 3.8) is 0 Å². The van der Waals surface area contributed by atoms with Gasteiger partial charge in [0.05, 0.1) is 6.10 Å². The van der Waals surface area contributed by atoms with E-state index in [2.05, 4.69) is 9.68 Å². The lowest BCUT2D eigenvalue weighted by atomic mass is 10.0. The third-order valence-corrected chi connectivity index (χ3v) is 1.90. The van der Waals surface area contributed by atoms with Crippen LogP contribution in [0.25, 0.3) is 0 Å². The summed E-state index contributed by atoms with van der Waals surface area (Å²) in [4.78, 5) is 3.25. The molecule has 5 nitrogen and oxygen atoms in total. The van der Waals surface area contributed by atoms with Crippen molar-refractivity contribution >= 4 is 0 Å². The molecule has 5 atom stereocenters. The number of ether oxygens (including phenoxy) is 1. The molecule has 3 N–H and O–H groups in total. The Morgan fingerprint density at radius 1 is 1.17 bits per heavy atom. The summed E-state index contributed by atoms with van der Waals surface area (Å²) in [5.74, 6) is 0. The fraction of sp³-hybridized carbons (Fsp3) is 1.00. The Hall–Kier alpha value is -0.270. The molecule has 72 valence electrons. The topological polar surface area (TPSA) is 79.2 Å². The van der Waals surface area contributed by atoms with Gasteiger partial charge in [-0.05, 0) is 11.4 Å². The van der Waals surface area contributed by atoms with E-state index in [0.717, 1.165) is 0 Å². The number of halogens is 1. The van der Waals surface area contributed by atoms with Crippen molar-refractivity contribution in [2.75, 3.05) is 0 Å². The van der Waals surface area contributed by atoms with Gasteiger partial charge in [0.25, 0.3) is 0 Å². The van der Waals surface area contributed by atoms with Gasteiger partial charge in [-0.1, -0.05) is 0 Å². The van der Waals surface area contributed by atoms with Crippen molar-refractivity contribution in [2.24, 2.45) is 0 Å². The Morgan fingerprint density at radius 2 is 1.75 bits per heavy atom. The molecule has 0 saturated carbocycles. The summed E-state index contributed by atoms with van der Waals surface area (Å²) in [7, 11) is 0. The lowest BCUT2D eigenvalue weighted by Gasteiger charge is -2.36. The first-order valence-corrected chi connectivity index (χ1v) is 3.55. The molecule has 1 aliphatic rings. The van der Waals surface area contributed by atoms with Crippen LogP contribution in [0.3, 0.4) is 0 Å². The third kappa shape index (κ3) is 1.57. The standard InChI is InChI=1S/C6H11FO5/c1-2-3(8)4(9)5(10)6(11-2)12-7/h2-6,8-10H,1H3/t2-,3+,4+,5-,6?/m0/s1. The van der Waals surface area contributed by atoms with Gasteiger partial charge in [0.2, 0.25) is 6.29 Å². The first-order valence-electron chi connectivity index (χ1n) is 3.55. The molecular weight excluding hydrogens is 171 g/mol. The van der Waals surface area contributed by atoms with Crippen molar-refractivity contribution < 1.29 is 29.5 Å². The van der Waals surface area contributed by atoms with Gasteiger partial charge >= 0.3 is 0 Å². The second kappa shape index (κ2) is 3.63. The van der Waals surface area contributed by atoms with Crippen LogP contribution >= 0.6 is 0 Å². The van der Waals surface area contributed by atoms with Gasteiger partial charge in [-0.3, -0.25) is 0 Å². The highest BCUT2D eigenvalue weighted by Gasteiger charge is 2.42. The zero-order valence-corrected chi connectivity index (χ0v) is 6.42. The molecule has 1 rings (SSSR count). The fourth-order valence-corrected chi connectivity index (χ4v) is 1.09. The number of hydrogen-bond acceptors (Lipinski definition) is 5. The van der Waals surface area contributed by atoms with E-state index >= 15 is 0 Å². The maximum Gasteiger partial charge on any atom is 0.225 e. The maximum atomic E-state index is 11.6. The number of rotatable bonds is 1. The summed E-state index contributed by atoms with van der Waals surface area (Å²) in [5.41, 5.74) is 0. The fourth-order valence-electron chi connectivity index (χ4n) is 1.09. The zero-order valence-electron chi connectivity index (χ0n) is 6.42. The van der Waals surface area contributed by atoms with E-state index in [1.54, 1.807) is 0 Å². The monoisotopic (exact) mass is 182 g/mol. The van der Waals surface area contributed by atoms with E-state index in [9.17, 15) is 4.53 Å². The van der Waals surface area contributed by atoms with E-state index in [-0.39, 0.29) is 0 Å². The van der Waals surface area contributed by atoms with E-state index in [4.69, 9.17) is 15.3 Å². The van der Waals surface area contributed by atoms with Crippen LogP contribution in [0, 0.1) is 0 Å². The zero-order chi connectivity index (χ0) is 9.30. The second-order valence-corrected chi connectivity index (χ2v) is 2.77. The number of aliphatic hydroxyl groups is 3. The molecule has 0 aromatic carbocycles. The summed E-state index contributed by atoms with van der Waals surface area (Å²) in [6, 6.07) is 0. The van der Waals surface area contributed by atoms with E-state index in [1.165, 1.54) is 6.92 Å². The predicted octanol–water partition coefficient (Wildman–Crippen LogP) is -1.29. The molecule has 0 aliphatic carbocycles. The second-order valence-electron chi connectivity index (χ2n) is 2.77. The normalized spacial score (nSPS) is 49.2. The Bertz CT molecular complexity index is 150. The van der Waals surface area contributed by atoms with Gasteiger partial charge in [0.15, 0.2) is 0 Å². The highest BCUT2D eigenvalue weighted by Crippen LogP contribution is 2.21. The number of hydrogen-bond donors (Lipinski definition) is 3. The van der Waals surface area contributed by atoms with Crippen molar-refractivity contribution in [3.05, 3.63) is 0 Å².